The van der Waals surface area contributed by atoms with Gasteiger partial charge in [0.15, 0.2) is 5.13 Å². The van der Waals surface area contributed by atoms with Crippen molar-refractivity contribution in [2.24, 2.45) is 0 Å². The maximum atomic E-state index is 12.4. The van der Waals surface area contributed by atoms with Gasteiger partial charge in [-0.3, -0.25) is 9.69 Å². The van der Waals surface area contributed by atoms with Crippen LogP contribution in [0.1, 0.15) is 36.2 Å². The quantitative estimate of drug-likeness (QED) is 0.347. The molecule has 4 aromatic rings. The van der Waals surface area contributed by atoms with Gasteiger partial charge in [0.05, 0.1) is 17.1 Å². The Morgan fingerprint density at radius 3 is 2.66 bits per heavy atom. The molecular weight excluding hydrogens is 440 g/mol. The number of carbonyl (C=O) groups excluding carboxylic acids is 1. The van der Waals surface area contributed by atoms with Crippen LogP contribution in [-0.4, -0.2) is 31.1 Å². The number of aryl methyl sites for hydroxylation is 2. The minimum absolute atomic E-state index is 0.0679. The molecule has 7 nitrogen and oxygen atoms in total. The normalized spacial score (nSPS) is 11.0. The number of hydrogen-bond donors (Lipinski definition) is 0. The van der Waals surface area contributed by atoms with Gasteiger partial charge in [-0.2, -0.15) is 4.68 Å². The van der Waals surface area contributed by atoms with E-state index in [2.05, 4.69) is 42.4 Å². The van der Waals surface area contributed by atoms with E-state index in [9.17, 15) is 4.79 Å². The molecule has 0 N–H and O–H groups in total. The molecular formula is C23H24N6OS2. The highest BCUT2D eigenvalue weighted by molar-refractivity contribution is 7.98. The Bertz CT molecular complexity index is 1230. The molecule has 0 saturated heterocycles. The minimum Gasteiger partial charge on any atom is -0.274 e. The third-order valence-corrected chi connectivity index (χ3v) is 7.07. The first-order valence-electron chi connectivity index (χ1n) is 10.3. The molecule has 164 valence electrons. The van der Waals surface area contributed by atoms with Crippen LogP contribution in [0.25, 0.3) is 5.69 Å². The zero-order valence-corrected chi connectivity index (χ0v) is 20.1. The lowest BCUT2D eigenvalue weighted by Crippen LogP contribution is -2.22. The number of thioether (sulfide) groups is 1. The van der Waals surface area contributed by atoms with Gasteiger partial charge < -0.3 is 0 Å². The predicted molar refractivity (Wildman–Crippen MR) is 129 cm³/mol. The van der Waals surface area contributed by atoms with Crippen LogP contribution in [0.5, 0.6) is 0 Å². The fourth-order valence-electron chi connectivity index (χ4n) is 3.30. The minimum atomic E-state index is -0.0679. The number of anilines is 2. The Balaban J connectivity index is 1.52. The summed E-state index contributed by atoms with van der Waals surface area (Å²) in [4.78, 5) is 18.7. The molecule has 4 rings (SSSR count). The lowest BCUT2D eigenvalue weighted by atomic mass is 10.1. The highest BCUT2D eigenvalue weighted by Gasteiger charge is 2.19. The fourth-order valence-corrected chi connectivity index (χ4v) is 5.07. The molecule has 0 saturated carbocycles. The molecule has 0 unspecified atom stereocenters. The van der Waals surface area contributed by atoms with Crippen LogP contribution < -0.4 is 4.90 Å². The summed E-state index contributed by atoms with van der Waals surface area (Å²) in [7, 11) is 0. The monoisotopic (exact) mass is 464 g/mol. The van der Waals surface area contributed by atoms with Gasteiger partial charge >= 0.3 is 0 Å². The van der Waals surface area contributed by atoms with E-state index in [-0.39, 0.29) is 5.91 Å². The first-order chi connectivity index (χ1) is 15.5. The SMILES string of the molecule is CCc1ccc(N(C(C)=O)c2nc(CSc3nnnn3-c3cccc(C)c3C)cs2)cc1. The largest absolute Gasteiger partial charge is 0.274 e. The molecule has 9 heteroatoms. The van der Waals surface area contributed by atoms with Crippen molar-refractivity contribution in [1.29, 1.82) is 0 Å². The van der Waals surface area contributed by atoms with Gasteiger partial charge in [0.2, 0.25) is 11.1 Å². The molecule has 0 aliphatic heterocycles. The summed E-state index contributed by atoms with van der Waals surface area (Å²) in [5.74, 6) is 0.532. The highest BCUT2D eigenvalue weighted by atomic mass is 32.2. The lowest BCUT2D eigenvalue weighted by Gasteiger charge is -2.18. The standard InChI is InChI=1S/C23H24N6OS2/c1-5-18-9-11-20(12-10-18)28(17(4)30)22-24-19(13-31-22)14-32-23-25-26-27-29(23)21-8-6-7-15(2)16(21)3/h6-13H,5,14H2,1-4H3. The Kier molecular flexibility index (Phi) is 6.66. The molecule has 0 bridgehead atoms. The second kappa shape index (κ2) is 9.62. The van der Waals surface area contributed by atoms with Crippen molar-refractivity contribution < 1.29 is 4.79 Å². The van der Waals surface area contributed by atoms with E-state index in [0.717, 1.165) is 29.1 Å². The summed E-state index contributed by atoms with van der Waals surface area (Å²) < 4.78 is 1.76. The molecule has 0 atom stereocenters. The van der Waals surface area contributed by atoms with Gasteiger partial charge in [0.25, 0.3) is 0 Å². The molecule has 0 aliphatic carbocycles. The Morgan fingerprint density at radius 2 is 1.94 bits per heavy atom. The second-order valence-corrected chi connectivity index (χ2v) is 9.16. The maximum Gasteiger partial charge on any atom is 0.230 e. The number of benzene rings is 2. The molecule has 32 heavy (non-hydrogen) atoms. The fraction of sp³-hybridized carbons (Fsp3) is 0.261. The van der Waals surface area contributed by atoms with Crippen LogP contribution in [0.2, 0.25) is 0 Å². The van der Waals surface area contributed by atoms with Gasteiger partial charge in [-0.1, -0.05) is 43.0 Å². The van der Waals surface area contributed by atoms with Crippen molar-refractivity contribution in [3.63, 3.8) is 0 Å². The first-order valence-corrected chi connectivity index (χ1v) is 12.2. The number of carbonyl (C=O) groups is 1. The summed E-state index contributed by atoms with van der Waals surface area (Å²) in [6.45, 7) is 7.81. The number of amides is 1. The third-order valence-electron chi connectivity index (χ3n) is 5.24. The van der Waals surface area contributed by atoms with Gasteiger partial charge in [-0.15, -0.1) is 16.4 Å². The van der Waals surface area contributed by atoms with Crippen LogP contribution in [0.15, 0.2) is 53.0 Å². The number of rotatable bonds is 7. The van der Waals surface area contributed by atoms with Crippen molar-refractivity contribution in [1.82, 2.24) is 25.2 Å². The van der Waals surface area contributed by atoms with Crippen molar-refractivity contribution in [2.45, 2.75) is 45.0 Å². The van der Waals surface area contributed by atoms with E-state index in [0.29, 0.717) is 16.0 Å². The molecule has 1 amide bonds. The summed E-state index contributed by atoms with van der Waals surface area (Å²) in [5, 5.41) is 15.6. The van der Waals surface area contributed by atoms with E-state index < -0.39 is 0 Å². The number of aromatic nitrogens is 5. The van der Waals surface area contributed by atoms with E-state index in [1.807, 2.05) is 41.8 Å². The number of thiazole rings is 1. The Labute approximate surface area is 195 Å². The Morgan fingerprint density at radius 1 is 1.16 bits per heavy atom. The molecule has 0 spiro atoms. The maximum absolute atomic E-state index is 12.4. The van der Waals surface area contributed by atoms with Crippen LogP contribution in [0.3, 0.4) is 0 Å². The van der Waals surface area contributed by atoms with Crippen molar-refractivity contribution in [3.8, 4) is 5.69 Å². The molecule has 0 aliphatic rings. The topological polar surface area (TPSA) is 76.8 Å². The van der Waals surface area contributed by atoms with Crippen molar-refractivity contribution in [2.75, 3.05) is 4.90 Å². The molecule has 2 aromatic heterocycles. The van der Waals surface area contributed by atoms with Gasteiger partial charge in [0, 0.05) is 18.1 Å². The van der Waals surface area contributed by atoms with Gasteiger partial charge in [-0.25, -0.2) is 4.98 Å². The third kappa shape index (κ3) is 4.58. The van der Waals surface area contributed by atoms with Crippen LogP contribution >= 0.6 is 23.1 Å². The van der Waals surface area contributed by atoms with E-state index >= 15 is 0 Å². The predicted octanol–water partition coefficient (Wildman–Crippen LogP) is 5.27. The summed E-state index contributed by atoms with van der Waals surface area (Å²) in [6.07, 6.45) is 0.959. The zero-order valence-electron chi connectivity index (χ0n) is 18.4. The smallest absolute Gasteiger partial charge is 0.230 e. The van der Waals surface area contributed by atoms with Crippen LogP contribution in [0.4, 0.5) is 10.8 Å². The van der Waals surface area contributed by atoms with E-state index in [1.165, 1.54) is 34.2 Å². The van der Waals surface area contributed by atoms with Crippen molar-refractivity contribution in [3.05, 3.63) is 70.2 Å². The van der Waals surface area contributed by atoms with Crippen LogP contribution in [-0.2, 0) is 17.0 Å². The van der Waals surface area contributed by atoms with E-state index in [4.69, 9.17) is 4.98 Å². The lowest BCUT2D eigenvalue weighted by molar-refractivity contribution is -0.115. The summed E-state index contributed by atoms with van der Waals surface area (Å²) in [6, 6.07) is 14.1. The number of nitrogens with zero attached hydrogens (tertiary/aromatic N) is 6. The molecule has 2 heterocycles. The Hall–Kier alpha value is -3.04. The molecule has 2 aromatic carbocycles. The van der Waals surface area contributed by atoms with Gasteiger partial charge in [0.1, 0.15) is 0 Å². The average Bonchev–Trinajstić information content (AvgIpc) is 3.44. The molecule has 0 radical (unpaired) electrons. The highest BCUT2D eigenvalue weighted by Crippen LogP contribution is 2.31. The van der Waals surface area contributed by atoms with E-state index in [1.54, 1.807) is 16.5 Å². The average molecular weight is 465 g/mol. The molecule has 0 fully saturated rings. The summed E-state index contributed by atoms with van der Waals surface area (Å²) >= 11 is 2.97. The zero-order chi connectivity index (χ0) is 22.7. The summed E-state index contributed by atoms with van der Waals surface area (Å²) in [5.41, 5.74) is 6.23. The number of tetrazole rings is 1. The second-order valence-electron chi connectivity index (χ2n) is 7.38. The first kappa shape index (κ1) is 22.2. The number of hydrogen-bond acceptors (Lipinski definition) is 7. The van der Waals surface area contributed by atoms with Gasteiger partial charge in [-0.05, 0) is 65.6 Å². The van der Waals surface area contributed by atoms with Crippen molar-refractivity contribution >= 4 is 39.8 Å². The van der Waals surface area contributed by atoms with Crippen LogP contribution in [0, 0.1) is 13.8 Å².